The van der Waals surface area contributed by atoms with Crippen molar-refractivity contribution in [1.82, 2.24) is 4.90 Å². The SMILES string of the molecule is CCC(c1ccc(C)c(CN2Cc3cc(C)ccc3O[C@H](CC)C2)c1)c1ccc(N(C)N)c(N)c1C. The van der Waals surface area contributed by atoms with E-state index in [2.05, 4.69) is 82.0 Å². The molecule has 0 radical (unpaired) electrons. The van der Waals surface area contributed by atoms with Gasteiger partial charge in [-0.15, -0.1) is 0 Å². The number of anilines is 2. The van der Waals surface area contributed by atoms with Gasteiger partial charge in [0, 0.05) is 38.2 Å². The molecule has 192 valence electrons. The molecule has 36 heavy (non-hydrogen) atoms. The zero-order valence-electron chi connectivity index (χ0n) is 22.8. The number of hydrazine groups is 1. The van der Waals surface area contributed by atoms with Gasteiger partial charge >= 0.3 is 0 Å². The number of nitrogens with zero attached hydrogens (tertiary/aromatic N) is 2. The van der Waals surface area contributed by atoms with E-state index in [1.807, 2.05) is 13.1 Å². The van der Waals surface area contributed by atoms with E-state index in [1.54, 1.807) is 5.01 Å². The van der Waals surface area contributed by atoms with E-state index in [-0.39, 0.29) is 12.0 Å². The van der Waals surface area contributed by atoms with Gasteiger partial charge in [0.25, 0.3) is 0 Å². The van der Waals surface area contributed by atoms with E-state index < -0.39 is 0 Å². The maximum absolute atomic E-state index is 6.48. The van der Waals surface area contributed by atoms with Crippen molar-refractivity contribution in [2.24, 2.45) is 5.84 Å². The Bertz CT molecular complexity index is 1220. The smallest absolute Gasteiger partial charge is 0.124 e. The predicted octanol–water partition coefficient (Wildman–Crippen LogP) is 6.22. The predicted molar refractivity (Wildman–Crippen MR) is 151 cm³/mol. The van der Waals surface area contributed by atoms with Crippen LogP contribution in [0.3, 0.4) is 0 Å². The molecule has 0 saturated heterocycles. The van der Waals surface area contributed by atoms with Crippen LogP contribution in [-0.4, -0.2) is 24.6 Å². The van der Waals surface area contributed by atoms with Crippen LogP contribution in [0.4, 0.5) is 11.4 Å². The first-order chi connectivity index (χ1) is 17.2. The van der Waals surface area contributed by atoms with Crippen LogP contribution in [-0.2, 0) is 13.1 Å². The first-order valence-corrected chi connectivity index (χ1v) is 13.2. The first kappa shape index (κ1) is 26.1. The highest BCUT2D eigenvalue weighted by Gasteiger charge is 2.24. The van der Waals surface area contributed by atoms with Crippen molar-refractivity contribution in [3.05, 3.63) is 87.5 Å². The fraction of sp³-hybridized carbons (Fsp3) is 0.419. The molecule has 0 spiro atoms. The van der Waals surface area contributed by atoms with Gasteiger partial charge in [0.15, 0.2) is 0 Å². The van der Waals surface area contributed by atoms with Crippen LogP contribution >= 0.6 is 0 Å². The molecule has 3 aromatic carbocycles. The Morgan fingerprint density at radius 1 is 1.06 bits per heavy atom. The Labute approximate surface area is 217 Å². The molecule has 0 aromatic heterocycles. The second kappa shape index (κ2) is 10.9. The monoisotopic (exact) mass is 486 g/mol. The van der Waals surface area contributed by atoms with Gasteiger partial charge < -0.3 is 15.5 Å². The molecular formula is C31H42N4O. The Hall–Kier alpha value is -3.02. The summed E-state index contributed by atoms with van der Waals surface area (Å²) in [5.74, 6) is 7.30. The lowest BCUT2D eigenvalue weighted by molar-refractivity contribution is 0.139. The minimum Gasteiger partial charge on any atom is -0.489 e. The van der Waals surface area contributed by atoms with Crippen molar-refractivity contribution in [1.29, 1.82) is 0 Å². The standard InChI is InChI=1S/C31H42N4O/c1-7-26-19-35(18-25-15-20(3)9-14-30(25)36-26)17-24-16-23(11-10-21(24)4)27(8-2)28-12-13-29(34(6)33)31(32)22(28)5/h9-16,26-27H,7-8,17-19,32-33H2,1-6H3/t26-,27?/m1/s1. The summed E-state index contributed by atoms with van der Waals surface area (Å²) >= 11 is 0. The fourth-order valence-electron chi connectivity index (χ4n) is 5.46. The lowest BCUT2D eigenvalue weighted by Crippen LogP contribution is -2.32. The molecule has 5 nitrogen and oxygen atoms in total. The highest BCUT2D eigenvalue weighted by Crippen LogP contribution is 2.37. The largest absolute Gasteiger partial charge is 0.489 e. The summed E-state index contributed by atoms with van der Waals surface area (Å²) in [5.41, 5.74) is 17.1. The number of aryl methyl sites for hydroxylation is 2. The van der Waals surface area contributed by atoms with Crippen LogP contribution in [0, 0.1) is 20.8 Å². The summed E-state index contributed by atoms with van der Waals surface area (Å²) in [5, 5.41) is 1.59. The van der Waals surface area contributed by atoms with Crippen molar-refractivity contribution in [2.45, 2.75) is 72.6 Å². The number of rotatable bonds is 7. The maximum Gasteiger partial charge on any atom is 0.124 e. The minimum absolute atomic E-state index is 0.200. The molecule has 5 heteroatoms. The van der Waals surface area contributed by atoms with Crippen LogP contribution in [0.1, 0.15) is 71.6 Å². The molecule has 2 atom stereocenters. The second-order valence-electron chi connectivity index (χ2n) is 10.4. The molecule has 0 saturated carbocycles. The summed E-state index contributed by atoms with van der Waals surface area (Å²) < 4.78 is 6.38. The van der Waals surface area contributed by atoms with E-state index in [4.69, 9.17) is 16.3 Å². The first-order valence-electron chi connectivity index (χ1n) is 13.2. The van der Waals surface area contributed by atoms with Gasteiger partial charge in [-0.3, -0.25) is 4.90 Å². The van der Waals surface area contributed by atoms with Crippen molar-refractivity contribution in [3.8, 4) is 5.75 Å². The molecular weight excluding hydrogens is 444 g/mol. The van der Waals surface area contributed by atoms with E-state index in [0.29, 0.717) is 0 Å². The Balaban J connectivity index is 1.65. The number of hydrogen-bond donors (Lipinski definition) is 2. The number of benzene rings is 3. The normalized spacial score (nSPS) is 16.7. The van der Waals surface area contributed by atoms with Crippen LogP contribution in [0.5, 0.6) is 5.75 Å². The van der Waals surface area contributed by atoms with E-state index >= 15 is 0 Å². The van der Waals surface area contributed by atoms with Gasteiger partial charge in [-0.1, -0.05) is 55.8 Å². The number of ether oxygens (including phenoxy) is 1. The quantitative estimate of drug-likeness (QED) is 0.236. The van der Waals surface area contributed by atoms with Crippen molar-refractivity contribution in [3.63, 3.8) is 0 Å². The molecule has 0 aliphatic carbocycles. The molecule has 1 heterocycles. The van der Waals surface area contributed by atoms with E-state index in [9.17, 15) is 0 Å². The molecule has 1 unspecified atom stereocenters. The van der Waals surface area contributed by atoms with E-state index in [1.165, 1.54) is 33.4 Å². The molecule has 0 bridgehead atoms. The molecule has 4 rings (SSSR count). The van der Waals surface area contributed by atoms with Crippen molar-refractivity contribution < 1.29 is 4.74 Å². The summed E-state index contributed by atoms with van der Waals surface area (Å²) in [4.78, 5) is 2.54. The third-order valence-corrected chi connectivity index (χ3v) is 7.69. The van der Waals surface area contributed by atoms with Crippen LogP contribution < -0.4 is 21.3 Å². The summed E-state index contributed by atoms with van der Waals surface area (Å²) in [6, 6.07) is 17.7. The zero-order chi connectivity index (χ0) is 26.0. The molecule has 4 N–H and O–H groups in total. The molecule has 1 aliphatic rings. The topological polar surface area (TPSA) is 67.8 Å². The highest BCUT2D eigenvalue weighted by atomic mass is 16.5. The highest BCUT2D eigenvalue weighted by molar-refractivity contribution is 5.72. The number of nitrogen functional groups attached to an aromatic ring is 1. The zero-order valence-corrected chi connectivity index (χ0v) is 22.8. The Morgan fingerprint density at radius 2 is 1.83 bits per heavy atom. The average molecular weight is 487 g/mol. The van der Waals surface area contributed by atoms with Gasteiger partial charge in [0.05, 0.1) is 11.4 Å². The Kier molecular flexibility index (Phi) is 7.91. The summed E-state index contributed by atoms with van der Waals surface area (Å²) in [6.45, 7) is 13.7. The summed E-state index contributed by atoms with van der Waals surface area (Å²) in [6.07, 6.45) is 2.20. The fourth-order valence-corrected chi connectivity index (χ4v) is 5.46. The third kappa shape index (κ3) is 5.37. The van der Waals surface area contributed by atoms with Gasteiger partial charge in [0.2, 0.25) is 0 Å². The molecule has 0 amide bonds. The van der Waals surface area contributed by atoms with Gasteiger partial charge in [-0.25, -0.2) is 5.84 Å². The maximum atomic E-state index is 6.48. The van der Waals surface area contributed by atoms with Gasteiger partial charge in [-0.05, 0) is 73.6 Å². The van der Waals surface area contributed by atoms with Gasteiger partial charge in [-0.2, -0.15) is 0 Å². The minimum atomic E-state index is 0.200. The van der Waals surface area contributed by atoms with Crippen molar-refractivity contribution in [2.75, 3.05) is 24.3 Å². The van der Waals surface area contributed by atoms with E-state index in [0.717, 1.165) is 55.2 Å². The Morgan fingerprint density at radius 3 is 2.53 bits per heavy atom. The molecule has 0 fully saturated rings. The lowest BCUT2D eigenvalue weighted by Gasteiger charge is -2.26. The third-order valence-electron chi connectivity index (χ3n) is 7.69. The number of nitrogens with two attached hydrogens (primary N) is 2. The van der Waals surface area contributed by atoms with Crippen molar-refractivity contribution >= 4 is 11.4 Å². The molecule has 1 aliphatic heterocycles. The van der Waals surface area contributed by atoms with Crippen LogP contribution in [0.25, 0.3) is 0 Å². The second-order valence-corrected chi connectivity index (χ2v) is 10.4. The number of fused-ring (bicyclic) bond motifs is 1. The lowest BCUT2D eigenvalue weighted by atomic mass is 9.84. The average Bonchev–Trinajstić information content (AvgIpc) is 3.02. The van der Waals surface area contributed by atoms with Gasteiger partial charge in [0.1, 0.15) is 11.9 Å². The molecule has 3 aromatic rings. The van der Waals surface area contributed by atoms with Crippen LogP contribution in [0.15, 0.2) is 48.5 Å². The number of hydrogen-bond acceptors (Lipinski definition) is 5. The summed E-state index contributed by atoms with van der Waals surface area (Å²) in [7, 11) is 1.82. The van der Waals surface area contributed by atoms with Crippen LogP contribution in [0.2, 0.25) is 0 Å².